The number of anilines is 1. The number of benzene rings is 2. The number of aromatic nitrogens is 1. The molecule has 2 aromatic carbocycles. The smallest absolute Gasteiger partial charge is 0.306 e. The molecule has 1 heterocycles. The Morgan fingerprint density at radius 1 is 1.19 bits per heavy atom. The fourth-order valence-corrected chi connectivity index (χ4v) is 2.71. The van der Waals surface area contributed by atoms with Crippen LogP contribution in [0.4, 0.5) is 10.1 Å². The molecule has 0 aliphatic heterocycles. The summed E-state index contributed by atoms with van der Waals surface area (Å²) in [5.41, 5.74) is 3.13. The van der Waals surface area contributed by atoms with Gasteiger partial charge in [0.15, 0.2) is 6.61 Å². The van der Waals surface area contributed by atoms with Gasteiger partial charge in [-0.3, -0.25) is 9.59 Å². The molecule has 0 radical (unpaired) electrons. The summed E-state index contributed by atoms with van der Waals surface area (Å²) in [7, 11) is 0. The number of carbonyl (C=O) groups is 2. The molecule has 2 N–H and O–H groups in total. The van der Waals surface area contributed by atoms with Crippen LogP contribution >= 0.6 is 0 Å². The van der Waals surface area contributed by atoms with Crippen molar-refractivity contribution in [3.63, 3.8) is 0 Å². The van der Waals surface area contributed by atoms with Gasteiger partial charge in [-0.05, 0) is 42.7 Å². The fraction of sp³-hybridized carbons (Fsp3) is 0.200. The minimum Gasteiger partial charge on any atom is -0.456 e. The lowest BCUT2D eigenvalue weighted by molar-refractivity contribution is -0.147. The minimum atomic E-state index is -0.501. The van der Waals surface area contributed by atoms with Crippen molar-refractivity contribution in [2.45, 2.75) is 19.8 Å². The Hall–Kier alpha value is -3.15. The number of esters is 1. The Labute approximate surface area is 150 Å². The lowest BCUT2D eigenvalue weighted by Gasteiger charge is -2.09. The van der Waals surface area contributed by atoms with Crippen LogP contribution in [-0.4, -0.2) is 23.5 Å². The third kappa shape index (κ3) is 4.27. The van der Waals surface area contributed by atoms with Crippen LogP contribution in [0.3, 0.4) is 0 Å². The Balaban J connectivity index is 1.48. The van der Waals surface area contributed by atoms with Crippen LogP contribution in [0.5, 0.6) is 0 Å². The summed E-state index contributed by atoms with van der Waals surface area (Å²) in [6.07, 6.45) is 2.57. The molecule has 0 unspecified atom stereocenters. The van der Waals surface area contributed by atoms with E-state index in [9.17, 15) is 14.0 Å². The zero-order valence-electron chi connectivity index (χ0n) is 14.3. The highest BCUT2D eigenvalue weighted by Crippen LogP contribution is 2.19. The van der Waals surface area contributed by atoms with Crippen molar-refractivity contribution in [3.8, 4) is 0 Å². The predicted molar refractivity (Wildman–Crippen MR) is 97.3 cm³/mol. The average molecular weight is 354 g/mol. The SMILES string of the molecule is Cc1ccc(F)cc1NC(=O)COC(=O)CCc1c[nH]c2ccccc12. The maximum Gasteiger partial charge on any atom is 0.306 e. The molecule has 0 aliphatic rings. The Kier molecular flexibility index (Phi) is 5.31. The van der Waals surface area contributed by atoms with Gasteiger partial charge in [0.25, 0.3) is 5.91 Å². The Morgan fingerprint density at radius 2 is 2.00 bits per heavy atom. The topological polar surface area (TPSA) is 71.2 Å². The fourth-order valence-electron chi connectivity index (χ4n) is 2.71. The van der Waals surface area contributed by atoms with E-state index in [0.717, 1.165) is 22.0 Å². The highest BCUT2D eigenvalue weighted by Gasteiger charge is 2.11. The molecule has 0 atom stereocenters. The highest BCUT2D eigenvalue weighted by atomic mass is 19.1. The predicted octanol–water partition coefficient (Wildman–Crippen LogP) is 3.73. The number of H-pyrrole nitrogens is 1. The molecule has 0 bridgehead atoms. The summed E-state index contributed by atoms with van der Waals surface area (Å²) in [4.78, 5) is 26.9. The van der Waals surface area contributed by atoms with E-state index < -0.39 is 24.3 Å². The van der Waals surface area contributed by atoms with Gasteiger partial charge in [0.2, 0.25) is 0 Å². The van der Waals surface area contributed by atoms with Gasteiger partial charge >= 0.3 is 5.97 Å². The zero-order valence-corrected chi connectivity index (χ0v) is 14.3. The quantitative estimate of drug-likeness (QED) is 0.663. The van der Waals surface area contributed by atoms with Crippen LogP contribution in [0.1, 0.15) is 17.5 Å². The number of para-hydroxylation sites is 1. The van der Waals surface area contributed by atoms with Crippen LogP contribution in [-0.2, 0) is 20.7 Å². The van der Waals surface area contributed by atoms with Gasteiger partial charge in [0.05, 0.1) is 0 Å². The van der Waals surface area contributed by atoms with Gasteiger partial charge in [-0.1, -0.05) is 24.3 Å². The monoisotopic (exact) mass is 354 g/mol. The first kappa shape index (κ1) is 17.7. The molecule has 0 aliphatic carbocycles. The number of nitrogens with one attached hydrogen (secondary N) is 2. The number of ether oxygens (including phenoxy) is 1. The molecular formula is C20H19FN2O3. The molecule has 26 heavy (non-hydrogen) atoms. The summed E-state index contributed by atoms with van der Waals surface area (Å²) in [5, 5.41) is 3.61. The number of fused-ring (bicyclic) bond motifs is 1. The first-order valence-electron chi connectivity index (χ1n) is 8.29. The summed E-state index contributed by atoms with van der Waals surface area (Å²) in [6, 6.07) is 11.9. The molecule has 5 nitrogen and oxygen atoms in total. The number of aryl methyl sites for hydroxylation is 2. The molecular weight excluding hydrogens is 335 g/mol. The van der Waals surface area contributed by atoms with Crippen molar-refractivity contribution >= 4 is 28.5 Å². The molecule has 6 heteroatoms. The maximum atomic E-state index is 13.2. The van der Waals surface area contributed by atoms with E-state index in [-0.39, 0.29) is 6.42 Å². The molecule has 3 rings (SSSR count). The largest absolute Gasteiger partial charge is 0.456 e. The van der Waals surface area contributed by atoms with Crippen molar-refractivity contribution in [2.75, 3.05) is 11.9 Å². The molecule has 1 amide bonds. The second kappa shape index (κ2) is 7.82. The van der Waals surface area contributed by atoms with Crippen molar-refractivity contribution in [3.05, 3.63) is 65.6 Å². The number of hydrogen-bond donors (Lipinski definition) is 2. The number of amides is 1. The molecule has 1 aromatic heterocycles. The molecule has 134 valence electrons. The van der Waals surface area contributed by atoms with Gasteiger partial charge < -0.3 is 15.0 Å². The number of carbonyl (C=O) groups excluding carboxylic acids is 2. The number of rotatable bonds is 6. The molecule has 0 saturated carbocycles. The number of halogens is 1. The van der Waals surface area contributed by atoms with E-state index in [2.05, 4.69) is 10.3 Å². The van der Waals surface area contributed by atoms with Gasteiger partial charge in [-0.2, -0.15) is 0 Å². The normalized spacial score (nSPS) is 10.7. The van der Waals surface area contributed by atoms with E-state index >= 15 is 0 Å². The maximum absolute atomic E-state index is 13.2. The summed E-state index contributed by atoms with van der Waals surface area (Å²) in [6.45, 7) is 1.35. The third-order valence-electron chi connectivity index (χ3n) is 4.11. The highest BCUT2D eigenvalue weighted by molar-refractivity contribution is 5.93. The van der Waals surface area contributed by atoms with E-state index in [1.807, 2.05) is 30.5 Å². The van der Waals surface area contributed by atoms with E-state index in [4.69, 9.17) is 4.74 Å². The van der Waals surface area contributed by atoms with Crippen LogP contribution in [0, 0.1) is 12.7 Å². The molecule has 0 fully saturated rings. The van der Waals surface area contributed by atoms with Crippen molar-refractivity contribution in [1.82, 2.24) is 4.98 Å². The van der Waals surface area contributed by atoms with Crippen molar-refractivity contribution in [2.24, 2.45) is 0 Å². The van der Waals surface area contributed by atoms with Crippen LogP contribution in [0.15, 0.2) is 48.7 Å². The number of aromatic amines is 1. The first-order chi connectivity index (χ1) is 12.5. The average Bonchev–Trinajstić information content (AvgIpc) is 3.04. The van der Waals surface area contributed by atoms with Crippen LogP contribution < -0.4 is 5.32 Å². The lowest BCUT2D eigenvalue weighted by atomic mass is 10.1. The molecule has 0 spiro atoms. The van der Waals surface area contributed by atoms with E-state index in [1.54, 1.807) is 13.0 Å². The van der Waals surface area contributed by atoms with Gasteiger partial charge in [0.1, 0.15) is 5.82 Å². The van der Waals surface area contributed by atoms with E-state index in [0.29, 0.717) is 12.1 Å². The van der Waals surface area contributed by atoms with Crippen molar-refractivity contribution < 1.29 is 18.7 Å². The second-order valence-electron chi connectivity index (χ2n) is 6.03. The molecule has 0 saturated heterocycles. The van der Waals surface area contributed by atoms with Crippen LogP contribution in [0.25, 0.3) is 10.9 Å². The molecule has 3 aromatic rings. The summed E-state index contributed by atoms with van der Waals surface area (Å²) >= 11 is 0. The zero-order chi connectivity index (χ0) is 18.5. The van der Waals surface area contributed by atoms with Gasteiger partial charge in [0, 0.05) is 29.2 Å². The summed E-state index contributed by atoms with van der Waals surface area (Å²) in [5.74, 6) is -1.40. The standard InChI is InChI=1S/C20H19FN2O3/c1-13-6-8-15(21)10-18(13)23-19(24)12-26-20(25)9-7-14-11-22-17-5-3-2-4-16(14)17/h2-6,8,10-11,22H,7,9,12H2,1H3,(H,23,24). The van der Waals surface area contributed by atoms with Gasteiger partial charge in [-0.25, -0.2) is 4.39 Å². The lowest BCUT2D eigenvalue weighted by Crippen LogP contribution is -2.21. The third-order valence-corrected chi connectivity index (χ3v) is 4.11. The minimum absolute atomic E-state index is 0.175. The van der Waals surface area contributed by atoms with Crippen LogP contribution in [0.2, 0.25) is 0 Å². The first-order valence-corrected chi connectivity index (χ1v) is 8.29. The van der Waals surface area contributed by atoms with E-state index in [1.165, 1.54) is 12.1 Å². The Bertz CT molecular complexity index is 949. The Morgan fingerprint density at radius 3 is 2.85 bits per heavy atom. The van der Waals surface area contributed by atoms with Gasteiger partial charge in [-0.15, -0.1) is 0 Å². The van der Waals surface area contributed by atoms with Crippen molar-refractivity contribution in [1.29, 1.82) is 0 Å². The summed E-state index contributed by atoms with van der Waals surface area (Å²) < 4.78 is 18.2. The second-order valence-corrected chi connectivity index (χ2v) is 6.03. The number of hydrogen-bond acceptors (Lipinski definition) is 3.